The molecule has 94 valence electrons. The molecule has 1 unspecified atom stereocenters. The predicted molar refractivity (Wildman–Crippen MR) is 65.9 cm³/mol. The van der Waals surface area contributed by atoms with Crippen molar-refractivity contribution >= 4 is 17.3 Å². The van der Waals surface area contributed by atoms with Gasteiger partial charge >= 0.3 is 0 Å². The lowest BCUT2D eigenvalue weighted by atomic mass is 10.1. The van der Waals surface area contributed by atoms with Crippen LogP contribution in [0.4, 0.5) is 11.4 Å². The van der Waals surface area contributed by atoms with E-state index in [1.54, 1.807) is 13.8 Å². The van der Waals surface area contributed by atoms with E-state index in [9.17, 15) is 14.9 Å². The van der Waals surface area contributed by atoms with Gasteiger partial charge in [0.05, 0.1) is 11.0 Å². The minimum atomic E-state index is -0.709. The van der Waals surface area contributed by atoms with Gasteiger partial charge in [0.25, 0.3) is 5.69 Å². The van der Waals surface area contributed by atoms with Crippen molar-refractivity contribution in [3.05, 3.63) is 33.9 Å². The largest absolute Gasteiger partial charge is 0.325 e. The highest BCUT2D eigenvalue weighted by Gasteiger charge is 2.17. The molecule has 0 aliphatic carbocycles. The Morgan fingerprint density at radius 2 is 2.28 bits per heavy atom. The molecule has 1 aromatic carbocycles. The second-order valence-electron chi connectivity index (χ2n) is 3.84. The third-order valence-corrected chi connectivity index (χ3v) is 2.56. The first-order valence-electron chi connectivity index (χ1n) is 5.45. The molecule has 0 bridgehead atoms. The highest BCUT2D eigenvalue weighted by atomic mass is 16.6. The first-order valence-corrected chi connectivity index (χ1v) is 5.45. The lowest BCUT2D eigenvalue weighted by Crippen LogP contribution is -2.21. The average Bonchev–Trinajstić information content (AvgIpc) is 2.33. The molecule has 0 heterocycles. The number of carbonyl (C=O) groups excluding carboxylic acids is 1. The summed E-state index contributed by atoms with van der Waals surface area (Å²) in [5, 5.41) is 21.9. The molecule has 1 rings (SSSR count). The maximum atomic E-state index is 11.7. The van der Waals surface area contributed by atoms with Gasteiger partial charge in [-0.15, -0.1) is 0 Å². The van der Waals surface area contributed by atoms with Crippen LogP contribution in [0.25, 0.3) is 0 Å². The van der Waals surface area contributed by atoms with Crippen LogP contribution >= 0.6 is 0 Å². The van der Waals surface area contributed by atoms with Gasteiger partial charge in [0.15, 0.2) is 0 Å². The molecule has 0 radical (unpaired) electrons. The number of non-ortho nitro benzene ring substituents is 1. The highest BCUT2D eigenvalue weighted by Crippen LogP contribution is 2.21. The van der Waals surface area contributed by atoms with E-state index in [4.69, 9.17) is 5.26 Å². The Hall–Kier alpha value is -2.42. The number of amides is 1. The molecule has 0 spiro atoms. The third-order valence-electron chi connectivity index (χ3n) is 2.56. The SMILES string of the molecule is CCC(C#N)C(=O)Nc1ccc([N+](=O)[O-])cc1C. The van der Waals surface area contributed by atoms with E-state index in [1.165, 1.54) is 18.2 Å². The van der Waals surface area contributed by atoms with Crippen LogP contribution in [0.5, 0.6) is 0 Å². The van der Waals surface area contributed by atoms with Crippen molar-refractivity contribution in [1.29, 1.82) is 5.26 Å². The summed E-state index contributed by atoms with van der Waals surface area (Å²) in [5.41, 5.74) is 1.04. The first-order chi connectivity index (χ1) is 8.49. The predicted octanol–water partition coefficient (Wildman–Crippen LogP) is 2.39. The summed E-state index contributed by atoms with van der Waals surface area (Å²) >= 11 is 0. The fraction of sp³-hybridized carbons (Fsp3) is 0.333. The molecule has 0 aromatic heterocycles. The van der Waals surface area contributed by atoms with Gasteiger partial charge in [0.2, 0.25) is 5.91 Å². The van der Waals surface area contributed by atoms with E-state index in [1.807, 2.05) is 6.07 Å². The summed E-state index contributed by atoms with van der Waals surface area (Å²) in [6.45, 7) is 3.41. The van der Waals surface area contributed by atoms with Gasteiger partial charge in [0, 0.05) is 17.8 Å². The summed E-state index contributed by atoms with van der Waals surface area (Å²) in [7, 11) is 0. The monoisotopic (exact) mass is 247 g/mol. The van der Waals surface area contributed by atoms with Crippen LogP contribution in [0.2, 0.25) is 0 Å². The lowest BCUT2D eigenvalue weighted by Gasteiger charge is -2.10. The zero-order valence-electron chi connectivity index (χ0n) is 10.1. The van der Waals surface area contributed by atoms with E-state index in [0.717, 1.165) is 0 Å². The zero-order valence-corrected chi connectivity index (χ0v) is 10.1. The number of hydrogen-bond acceptors (Lipinski definition) is 4. The number of nitrogens with zero attached hydrogens (tertiary/aromatic N) is 2. The molecule has 18 heavy (non-hydrogen) atoms. The van der Waals surface area contributed by atoms with Gasteiger partial charge in [0.1, 0.15) is 5.92 Å². The molecule has 0 fully saturated rings. The summed E-state index contributed by atoms with van der Waals surface area (Å²) in [6, 6.07) is 6.06. The quantitative estimate of drug-likeness (QED) is 0.652. The summed E-state index contributed by atoms with van der Waals surface area (Å²) in [5.74, 6) is -1.10. The van der Waals surface area contributed by atoms with Crippen molar-refractivity contribution in [3.63, 3.8) is 0 Å². The Balaban J connectivity index is 2.90. The van der Waals surface area contributed by atoms with E-state index < -0.39 is 16.7 Å². The molecule has 0 saturated carbocycles. The summed E-state index contributed by atoms with van der Waals surface area (Å²) < 4.78 is 0. The van der Waals surface area contributed by atoms with Crippen LogP contribution < -0.4 is 5.32 Å². The Morgan fingerprint density at radius 3 is 2.72 bits per heavy atom. The molecular formula is C12H13N3O3. The van der Waals surface area contributed by atoms with Gasteiger partial charge in [-0.3, -0.25) is 14.9 Å². The van der Waals surface area contributed by atoms with Crippen LogP contribution in [0.3, 0.4) is 0 Å². The zero-order chi connectivity index (χ0) is 13.7. The first kappa shape index (κ1) is 13.6. The van der Waals surface area contributed by atoms with Gasteiger partial charge in [-0.25, -0.2) is 0 Å². The molecule has 1 N–H and O–H groups in total. The number of aryl methyl sites for hydroxylation is 1. The van der Waals surface area contributed by atoms with Gasteiger partial charge < -0.3 is 5.32 Å². The second kappa shape index (κ2) is 5.77. The number of anilines is 1. The standard InChI is InChI=1S/C12H13N3O3/c1-3-9(7-13)12(16)14-11-5-4-10(15(17)18)6-8(11)2/h4-6,9H,3H2,1-2H3,(H,14,16). The number of benzene rings is 1. The smallest absolute Gasteiger partial charge is 0.269 e. The average molecular weight is 247 g/mol. The Labute approximate surface area is 104 Å². The number of hydrogen-bond donors (Lipinski definition) is 1. The number of nitrogens with one attached hydrogen (secondary N) is 1. The number of nitro benzene ring substituents is 1. The number of carbonyl (C=O) groups is 1. The molecule has 6 heteroatoms. The molecule has 1 atom stereocenters. The van der Waals surface area contributed by atoms with Crippen LogP contribution in [0.1, 0.15) is 18.9 Å². The molecule has 6 nitrogen and oxygen atoms in total. The van der Waals surface area contributed by atoms with Crippen molar-refractivity contribution in [1.82, 2.24) is 0 Å². The second-order valence-corrected chi connectivity index (χ2v) is 3.84. The van der Waals surface area contributed by atoms with Crippen molar-refractivity contribution in [2.45, 2.75) is 20.3 Å². The van der Waals surface area contributed by atoms with Gasteiger partial charge in [-0.05, 0) is 25.0 Å². The third kappa shape index (κ3) is 3.04. The van der Waals surface area contributed by atoms with Crippen LogP contribution in [0.15, 0.2) is 18.2 Å². The van der Waals surface area contributed by atoms with Crippen molar-refractivity contribution in [2.75, 3.05) is 5.32 Å². The minimum Gasteiger partial charge on any atom is -0.325 e. The normalized spacial score (nSPS) is 11.4. The minimum absolute atomic E-state index is 0.0298. The number of rotatable bonds is 4. The summed E-state index contributed by atoms with van der Waals surface area (Å²) in [4.78, 5) is 21.7. The Morgan fingerprint density at radius 1 is 1.61 bits per heavy atom. The Kier molecular flexibility index (Phi) is 4.38. The molecule has 0 saturated heterocycles. The van der Waals surface area contributed by atoms with Gasteiger partial charge in [-0.2, -0.15) is 5.26 Å². The molecular weight excluding hydrogens is 234 g/mol. The highest BCUT2D eigenvalue weighted by molar-refractivity contribution is 5.94. The molecule has 1 amide bonds. The van der Waals surface area contributed by atoms with Crippen molar-refractivity contribution in [3.8, 4) is 6.07 Å². The van der Waals surface area contributed by atoms with E-state index in [2.05, 4.69) is 5.32 Å². The van der Waals surface area contributed by atoms with Crippen molar-refractivity contribution < 1.29 is 9.72 Å². The van der Waals surface area contributed by atoms with E-state index in [-0.39, 0.29) is 5.69 Å². The maximum Gasteiger partial charge on any atom is 0.269 e. The topological polar surface area (TPSA) is 96.0 Å². The summed E-state index contributed by atoms with van der Waals surface area (Å²) in [6.07, 6.45) is 0.425. The molecule has 0 aliphatic rings. The Bertz CT molecular complexity index is 520. The molecule has 1 aromatic rings. The van der Waals surface area contributed by atoms with Crippen LogP contribution in [-0.4, -0.2) is 10.8 Å². The fourth-order valence-electron chi connectivity index (χ4n) is 1.46. The van der Waals surface area contributed by atoms with Crippen molar-refractivity contribution in [2.24, 2.45) is 5.92 Å². The fourth-order valence-corrected chi connectivity index (χ4v) is 1.46. The van der Waals surface area contributed by atoms with Crippen LogP contribution in [-0.2, 0) is 4.79 Å². The maximum absolute atomic E-state index is 11.7. The molecule has 0 aliphatic heterocycles. The lowest BCUT2D eigenvalue weighted by molar-refractivity contribution is -0.384. The number of nitro groups is 1. The van der Waals surface area contributed by atoms with Crippen LogP contribution in [0, 0.1) is 34.3 Å². The van der Waals surface area contributed by atoms with E-state index in [0.29, 0.717) is 17.7 Å². The van der Waals surface area contributed by atoms with Gasteiger partial charge in [-0.1, -0.05) is 6.92 Å². The van der Waals surface area contributed by atoms with E-state index >= 15 is 0 Å². The number of nitriles is 1.